The van der Waals surface area contributed by atoms with Gasteiger partial charge in [0.25, 0.3) is 0 Å². The molecule has 2 N–H and O–H groups in total. The van der Waals surface area contributed by atoms with Crippen molar-refractivity contribution in [2.75, 3.05) is 6.54 Å². The maximum atomic E-state index is 13.0. The summed E-state index contributed by atoms with van der Waals surface area (Å²) in [6.45, 7) is 3.24. The minimum Gasteiger partial charge on any atom is -0.339 e. The van der Waals surface area contributed by atoms with E-state index in [1.807, 2.05) is 0 Å². The van der Waals surface area contributed by atoms with Gasteiger partial charge in [0.05, 0.1) is 0 Å². The van der Waals surface area contributed by atoms with E-state index >= 15 is 0 Å². The third kappa shape index (κ3) is 2.74. The number of nitrogens with two attached hydrogens (primary N) is 1. The Labute approximate surface area is 123 Å². The second-order valence-electron chi connectivity index (χ2n) is 7.44. The number of likely N-dealkylation sites (tertiary alicyclic amines) is 1. The van der Waals surface area contributed by atoms with E-state index in [1.165, 1.54) is 38.5 Å². The van der Waals surface area contributed by atoms with E-state index in [0.29, 0.717) is 17.9 Å². The van der Waals surface area contributed by atoms with E-state index in [4.69, 9.17) is 5.73 Å². The first-order chi connectivity index (χ1) is 9.66. The van der Waals surface area contributed by atoms with Gasteiger partial charge < -0.3 is 10.6 Å². The molecule has 1 aliphatic heterocycles. The highest BCUT2D eigenvalue weighted by Gasteiger charge is 2.40. The molecule has 20 heavy (non-hydrogen) atoms. The molecule has 3 rings (SSSR count). The Balaban J connectivity index is 1.68. The predicted molar refractivity (Wildman–Crippen MR) is 81.2 cm³/mol. The van der Waals surface area contributed by atoms with Crippen molar-refractivity contribution in [1.29, 1.82) is 0 Å². The van der Waals surface area contributed by atoms with Crippen molar-refractivity contribution in [3.05, 3.63) is 0 Å². The molecule has 1 amide bonds. The molecule has 0 radical (unpaired) electrons. The summed E-state index contributed by atoms with van der Waals surface area (Å²) in [4.78, 5) is 15.3. The Hall–Kier alpha value is -0.570. The van der Waals surface area contributed by atoms with Crippen LogP contribution in [0.25, 0.3) is 0 Å². The van der Waals surface area contributed by atoms with Crippen LogP contribution in [0.2, 0.25) is 0 Å². The Bertz CT molecular complexity index is 351. The highest BCUT2D eigenvalue weighted by Crippen LogP contribution is 2.38. The first-order valence-corrected chi connectivity index (χ1v) is 8.73. The first kappa shape index (κ1) is 14.4. The lowest BCUT2D eigenvalue weighted by molar-refractivity contribution is -0.140. The zero-order valence-corrected chi connectivity index (χ0v) is 12.9. The third-order valence-corrected chi connectivity index (χ3v) is 6.08. The highest BCUT2D eigenvalue weighted by atomic mass is 16.2. The van der Waals surface area contributed by atoms with Gasteiger partial charge in [-0.3, -0.25) is 4.79 Å². The van der Waals surface area contributed by atoms with E-state index in [2.05, 4.69) is 11.8 Å². The number of rotatable bonds is 2. The molecular weight excluding hydrogens is 248 g/mol. The van der Waals surface area contributed by atoms with Crippen molar-refractivity contribution >= 4 is 5.91 Å². The number of hydrogen-bond acceptors (Lipinski definition) is 2. The van der Waals surface area contributed by atoms with E-state index in [1.54, 1.807) is 0 Å². The molecule has 0 bridgehead atoms. The first-order valence-electron chi connectivity index (χ1n) is 8.73. The monoisotopic (exact) mass is 278 g/mol. The molecule has 1 heterocycles. The average Bonchev–Trinajstić information content (AvgIpc) is 3.10. The fourth-order valence-corrected chi connectivity index (χ4v) is 4.81. The molecule has 0 spiro atoms. The Kier molecular flexibility index (Phi) is 4.34. The minimum absolute atomic E-state index is 0.195. The maximum Gasteiger partial charge on any atom is 0.226 e. The van der Waals surface area contributed by atoms with Crippen LogP contribution in [0, 0.1) is 17.8 Å². The average molecular weight is 278 g/mol. The van der Waals surface area contributed by atoms with Gasteiger partial charge in [-0.25, -0.2) is 0 Å². The summed E-state index contributed by atoms with van der Waals surface area (Å²) in [5, 5.41) is 0. The van der Waals surface area contributed by atoms with Crippen molar-refractivity contribution in [2.24, 2.45) is 23.5 Å². The smallest absolute Gasteiger partial charge is 0.226 e. The van der Waals surface area contributed by atoms with Crippen LogP contribution in [-0.2, 0) is 4.79 Å². The summed E-state index contributed by atoms with van der Waals surface area (Å²) in [7, 11) is 0. The quantitative estimate of drug-likeness (QED) is 0.844. The van der Waals surface area contributed by atoms with Crippen LogP contribution in [0.15, 0.2) is 0 Å². The lowest BCUT2D eigenvalue weighted by Crippen LogP contribution is -2.47. The van der Waals surface area contributed by atoms with Crippen molar-refractivity contribution in [2.45, 2.75) is 76.8 Å². The molecular formula is C17H30N2O. The van der Waals surface area contributed by atoms with Crippen LogP contribution in [-0.4, -0.2) is 29.4 Å². The number of nitrogens with zero attached hydrogens (tertiary/aromatic N) is 1. The number of carbonyl (C=O) groups excluding carboxylic acids is 1. The second-order valence-corrected chi connectivity index (χ2v) is 7.44. The van der Waals surface area contributed by atoms with Gasteiger partial charge in [0, 0.05) is 24.5 Å². The molecule has 0 aromatic heterocycles. The van der Waals surface area contributed by atoms with Crippen molar-refractivity contribution in [3.63, 3.8) is 0 Å². The van der Waals surface area contributed by atoms with E-state index < -0.39 is 0 Å². The molecule has 3 nitrogen and oxygen atoms in total. The van der Waals surface area contributed by atoms with Crippen LogP contribution < -0.4 is 5.73 Å². The van der Waals surface area contributed by atoms with Gasteiger partial charge in [-0.1, -0.05) is 19.8 Å². The topological polar surface area (TPSA) is 46.3 Å². The maximum absolute atomic E-state index is 13.0. The standard InChI is InChI=1S/C17H30N2O/c1-12-8-9-14(18)11-15(12)17(20)19-10-4-7-16(19)13-5-2-3-6-13/h12-16H,2-11,18H2,1H3. The van der Waals surface area contributed by atoms with Gasteiger partial charge in [0.15, 0.2) is 0 Å². The van der Waals surface area contributed by atoms with Gasteiger partial charge in [0.1, 0.15) is 0 Å². The summed E-state index contributed by atoms with van der Waals surface area (Å²) in [6.07, 6.45) is 11.0. The van der Waals surface area contributed by atoms with Gasteiger partial charge >= 0.3 is 0 Å². The lowest BCUT2D eigenvalue weighted by atomic mass is 9.77. The third-order valence-electron chi connectivity index (χ3n) is 6.08. The fraction of sp³-hybridized carbons (Fsp3) is 0.941. The van der Waals surface area contributed by atoms with E-state index in [9.17, 15) is 4.79 Å². The molecule has 2 aliphatic carbocycles. The van der Waals surface area contributed by atoms with Crippen LogP contribution in [0.1, 0.15) is 64.7 Å². The molecule has 2 saturated carbocycles. The van der Waals surface area contributed by atoms with Crippen molar-refractivity contribution in [3.8, 4) is 0 Å². The van der Waals surface area contributed by atoms with E-state index in [-0.39, 0.29) is 12.0 Å². The van der Waals surface area contributed by atoms with Crippen LogP contribution in [0.5, 0.6) is 0 Å². The molecule has 1 saturated heterocycles. The SMILES string of the molecule is CC1CCC(N)CC1C(=O)N1CCCC1C1CCCC1. The molecule has 3 heteroatoms. The molecule has 3 aliphatic rings. The number of amides is 1. The fourth-order valence-electron chi connectivity index (χ4n) is 4.81. The molecule has 4 unspecified atom stereocenters. The summed E-state index contributed by atoms with van der Waals surface area (Å²) >= 11 is 0. The van der Waals surface area contributed by atoms with E-state index in [0.717, 1.165) is 31.7 Å². The number of hydrogen-bond donors (Lipinski definition) is 1. The van der Waals surface area contributed by atoms with Gasteiger partial charge in [-0.15, -0.1) is 0 Å². The molecule has 3 fully saturated rings. The normalized spacial score (nSPS) is 39.4. The molecule has 0 aromatic carbocycles. The largest absolute Gasteiger partial charge is 0.339 e. The predicted octanol–water partition coefficient (Wildman–Crippen LogP) is 2.93. The highest BCUT2D eigenvalue weighted by molar-refractivity contribution is 5.80. The van der Waals surface area contributed by atoms with Gasteiger partial charge in [0.2, 0.25) is 5.91 Å². The van der Waals surface area contributed by atoms with Crippen LogP contribution >= 0.6 is 0 Å². The van der Waals surface area contributed by atoms with Crippen LogP contribution in [0.4, 0.5) is 0 Å². The summed E-state index contributed by atoms with van der Waals surface area (Å²) in [6, 6.07) is 0.794. The Morgan fingerprint density at radius 3 is 2.55 bits per heavy atom. The summed E-state index contributed by atoms with van der Waals surface area (Å²) < 4.78 is 0. The Morgan fingerprint density at radius 1 is 1.05 bits per heavy atom. The van der Waals surface area contributed by atoms with Crippen molar-refractivity contribution < 1.29 is 4.79 Å². The summed E-state index contributed by atoms with van der Waals surface area (Å²) in [5.74, 6) is 1.93. The summed E-state index contributed by atoms with van der Waals surface area (Å²) in [5.41, 5.74) is 6.11. The van der Waals surface area contributed by atoms with Crippen LogP contribution in [0.3, 0.4) is 0 Å². The minimum atomic E-state index is 0.195. The zero-order valence-electron chi connectivity index (χ0n) is 12.9. The molecule has 114 valence electrons. The molecule has 4 atom stereocenters. The molecule has 0 aromatic rings. The van der Waals surface area contributed by atoms with Gasteiger partial charge in [-0.2, -0.15) is 0 Å². The lowest BCUT2D eigenvalue weighted by Gasteiger charge is -2.37. The second kappa shape index (κ2) is 6.05. The van der Waals surface area contributed by atoms with Gasteiger partial charge in [-0.05, 0) is 56.8 Å². The van der Waals surface area contributed by atoms with Crippen molar-refractivity contribution in [1.82, 2.24) is 4.90 Å². The Morgan fingerprint density at radius 2 is 1.80 bits per heavy atom. The number of carbonyl (C=O) groups is 1. The zero-order chi connectivity index (χ0) is 14.1.